The maximum Gasteiger partial charge on any atom is 0.249 e. The standard InChI is InChI=1S/C50H59FN10O3/c1-4-50(49(64)55-32(2)3)18-23-59(24-19-50)45-13-5-34(28-53-45)42-25-36(31-61-47(42)37(27-52)29-54-61)35-17-22-60(30-35)40-9-7-39(8-10-40)58-20-15-33(16-21-58)41-11-6-38(26-43(41)51)56-44-12-14-46(62)57-48(44)63/h5-6,11,13,17,22,25-26,28-33,39-40,44,56H,4,7-10,12,14-16,18-21,23-24H2,1-3H3,(H,55,64)(H,57,62,63)/t39-,40-,44-/m1/s1. The van der Waals surface area contributed by atoms with E-state index in [1.54, 1.807) is 6.20 Å². The van der Waals surface area contributed by atoms with Crippen molar-refractivity contribution in [1.82, 2.24) is 34.7 Å². The minimum Gasteiger partial charge on any atom is -0.374 e. The van der Waals surface area contributed by atoms with E-state index >= 15 is 4.39 Å². The van der Waals surface area contributed by atoms with Gasteiger partial charge >= 0.3 is 0 Å². The van der Waals surface area contributed by atoms with Crippen LogP contribution in [0.1, 0.15) is 114 Å². The Bertz CT molecular complexity index is 2550. The number of rotatable bonds is 11. The molecule has 1 atom stereocenters. The van der Waals surface area contributed by atoms with Crippen molar-refractivity contribution in [2.45, 2.75) is 121 Å². The van der Waals surface area contributed by atoms with Crippen LogP contribution >= 0.6 is 0 Å². The van der Waals surface area contributed by atoms with Gasteiger partial charge in [0.25, 0.3) is 0 Å². The van der Waals surface area contributed by atoms with Crippen LogP contribution in [0.15, 0.2) is 73.4 Å². The van der Waals surface area contributed by atoms with E-state index in [1.807, 2.05) is 49.0 Å². The van der Waals surface area contributed by atoms with Crippen molar-refractivity contribution in [2.75, 3.05) is 36.4 Å². The zero-order valence-electron chi connectivity index (χ0n) is 37.2. The second kappa shape index (κ2) is 18.2. The summed E-state index contributed by atoms with van der Waals surface area (Å²) in [7, 11) is 0. The summed E-state index contributed by atoms with van der Waals surface area (Å²) in [4.78, 5) is 46.6. The van der Waals surface area contributed by atoms with Crippen LogP contribution in [0.25, 0.3) is 27.8 Å². The Balaban J connectivity index is 0.816. The van der Waals surface area contributed by atoms with E-state index < -0.39 is 6.04 Å². The van der Waals surface area contributed by atoms with Gasteiger partial charge in [-0.15, -0.1) is 0 Å². The lowest BCUT2D eigenvalue weighted by atomic mass is 9.75. The monoisotopic (exact) mass is 866 g/mol. The molecule has 7 heterocycles. The van der Waals surface area contributed by atoms with Gasteiger partial charge in [-0.2, -0.15) is 10.4 Å². The number of nitriles is 1. The zero-order valence-corrected chi connectivity index (χ0v) is 37.2. The van der Waals surface area contributed by atoms with Gasteiger partial charge in [-0.1, -0.05) is 13.0 Å². The van der Waals surface area contributed by atoms with Crippen LogP contribution in [0.4, 0.5) is 15.9 Å². The highest BCUT2D eigenvalue weighted by atomic mass is 19.1. The SMILES string of the molecule is CCC1(C(=O)NC(C)C)CCN(c2ccc(-c3cc(-c4ccn([C@H]5CC[C@H](N6CCC(c7ccc(N[C@@H]8CCC(=O)NC8=O)cc7F)CC6)CC5)c4)cn4ncc(C#N)c34)cn2)CC1. The van der Waals surface area contributed by atoms with Gasteiger partial charge in [-0.3, -0.25) is 19.7 Å². The minimum absolute atomic E-state index is 0.118. The van der Waals surface area contributed by atoms with Crippen LogP contribution < -0.4 is 20.9 Å². The third kappa shape index (κ3) is 8.74. The number of imide groups is 1. The fourth-order valence-electron chi connectivity index (χ4n) is 10.7. The molecule has 3 saturated heterocycles. The molecule has 0 unspecified atom stereocenters. The first kappa shape index (κ1) is 43.2. The van der Waals surface area contributed by atoms with Gasteiger partial charge in [0.1, 0.15) is 23.7 Å². The number of fused-ring (bicyclic) bond motifs is 1. The number of benzene rings is 1. The van der Waals surface area contributed by atoms with Crippen molar-refractivity contribution in [3.8, 4) is 28.3 Å². The molecule has 13 nitrogen and oxygen atoms in total. The molecular weight excluding hydrogens is 808 g/mol. The number of carbonyl (C=O) groups is 3. The normalized spacial score (nSPS) is 22.1. The summed E-state index contributed by atoms with van der Waals surface area (Å²) in [5.74, 6) is 0.317. The number of pyridine rings is 2. The lowest BCUT2D eigenvalue weighted by molar-refractivity contribution is -0.134. The first-order valence-electron chi connectivity index (χ1n) is 23.3. The van der Waals surface area contributed by atoms with E-state index in [1.165, 1.54) is 6.07 Å². The molecule has 0 radical (unpaired) electrons. The highest BCUT2D eigenvalue weighted by Gasteiger charge is 2.40. The summed E-state index contributed by atoms with van der Waals surface area (Å²) in [6.45, 7) is 9.55. The largest absolute Gasteiger partial charge is 0.374 e. The summed E-state index contributed by atoms with van der Waals surface area (Å²) < 4.78 is 19.6. The van der Waals surface area contributed by atoms with Crippen LogP contribution in [0.2, 0.25) is 0 Å². The van der Waals surface area contributed by atoms with Gasteiger partial charge in [0.2, 0.25) is 17.7 Å². The molecule has 3 N–H and O–H groups in total. The number of likely N-dealkylation sites (tertiary alicyclic amines) is 1. The molecule has 0 spiro atoms. The topological polar surface area (TPSA) is 153 Å². The molecule has 1 aromatic carbocycles. The third-order valence-electron chi connectivity index (χ3n) is 14.6. The predicted molar refractivity (Wildman–Crippen MR) is 245 cm³/mol. The lowest BCUT2D eigenvalue weighted by Gasteiger charge is -2.41. The van der Waals surface area contributed by atoms with Crippen LogP contribution in [0, 0.1) is 22.6 Å². The van der Waals surface area contributed by atoms with E-state index in [0.29, 0.717) is 29.8 Å². The van der Waals surface area contributed by atoms with E-state index in [0.717, 1.165) is 123 Å². The summed E-state index contributed by atoms with van der Waals surface area (Å²) in [5.41, 5.74) is 6.13. The fraction of sp³-hybridized carbons (Fsp3) is 0.480. The van der Waals surface area contributed by atoms with E-state index in [4.69, 9.17) is 4.98 Å². The number of anilines is 2. The molecule has 9 rings (SSSR count). The van der Waals surface area contributed by atoms with Gasteiger partial charge < -0.3 is 25.0 Å². The number of nitrogens with zero attached hydrogens (tertiary/aromatic N) is 7. The van der Waals surface area contributed by atoms with Crippen LogP contribution in [-0.4, -0.2) is 86.1 Å². The Hall–Kier alpha value is -6.07. The number of carbonyl (C=O) groups excluding carboxylic acids is 3. The zero-order chi connectivity index (χ0) is 44.5. The van der Waals surface area contributed by atoms with Gasteiger partial charge in [-0.25, -0.2) is 13.9 Å². The van der Waals surface area contributed by atoms with Gasteiger partial charge in [-0.05, 0) is 139 Å². The fourth-order valence-corrected chi connectivity index (χ4v) is 10.7. The van der Waals surface area contributed by atoms with Crippen molar-refractivity contribution in [3.05, 3.63) is 90.4 Å². The molecule has 3 amide bonds. The highest BCUT2D eigenvalue weighted by Crippen LogP contribution is 2.40. The summed E-state index contributed by atoms with van der Waals surface area (Å²) in [5, 5.41) is 23.2. The van der Waals surface area contributed by atoms with Crippen LogP contribution in [0.5, 0.6) is 0 Å². The molecule has 14 heteroatoms. The minimum atomic E-state index is -0.540. The second-order valence-corrected chi connectivity index (χ2v) is 18.8. The Morgan fingerprint density at radius 2 is 1.69 bits per heavy atom. The van der Waals surface area contributed by atoms with Gasteiger partial charge in [0.15, 0.2) is 0 Å². The van der Waals surface area contributed by atoms with E-state index in [-0.39, 0.29) is 47.3 Å². The number of amides is 3. The molecule has 3 aliphatic heterocycles. The molecule has 0 bridgehead atoms. The van der Waals surface area contributed by atoms with Crippen LogP contribution in [-0.2, 0) is 14.4 Å². The third-order valence-corrected chi connectivity index (χ3v) is 14.6. The first-order valence-corrected chi connectivity index (χ1v) is 23.3. The molecule has 4 fully saturated rings. The number of hydrogen-bond donors (Lipinski definition) is 3. The molecule has 5 aromatic rings. The Morgan fingerprint density at radius 1 is 0.922 bits per heavy atom. The van der Waals surface area contributed by atoms with Crippen molar-refractivity contribution >= 4 is 34.7 Å². The van der Waals surface area contributed by atoms with E-state index in [9.17, 15) is 19.6 Å². The number of hydrogen-bond acceptors (Lipinski definition) is 9. The Labute approximate surface area is 374 Å². The van der Waals surface area contributed by atoms with Crippen molar-refractivity contribution in [2.24, 2.45) is 5.41 Å². The maximum atomic E-state index is 15.4. The highest BCUT2D eigenvalue weighted by molar-refractivity contribution is 6.01. The molecule has 64 heavy (non-hydrogen) atoms. The van der Waals surface area contributed by atoms with Gasteiger partial charge in [0.05, 0.1) is 22.7 Å². The number of nitrogens with one attached hydrogen (secondary N) is 3. The number of aromatic nitrogens is 4. The average Bonchev–Trinajstić information content (AvgIpc) is 3.98. The van der Waals surface area contributed by atoms with Gasteiger partial charge in [0, 0.05) is 90.4 Å². The Kier molecular flexibility index (Phi) is 12.3. The quantitative estimate of drug-likeness (QED) is 0.112. The van der Waals surface area contributed by atoms with Crippen molar-refractivity contribution < 1.29 is 18.8 Å². The molecule has 4 aliphatic rings. The smallest absolute Gasteiger partial charge is 0.249 e. The Morgan fingerprint density at radius 3 is 2.36 bits per heavy atom. The molecule has 1 saturated carbocycles. The predicted octanol–water partition coefficient (Wildman–Crippen LogP) is 7.98. The average molecular weight is 867 g/mol. The van der Waals surface area contributed by atoms with E-state index in [2.05, 4.69) is 79.0 Å². The number of piperidine rings is 3. The molecule has 334 valence electrons. The van der Waals surface area contributed by atoms with Crippen LogP contribution in [0.3, 0.4) is 0 Å². The first-order chi connectivity index (χ1) is 31.0. The number of halogens is 1. The summed E-state index contributed by atoms with van der Waals surface area (Å²) >= 11 is 0. The molecule has 1 aliphatic carbocycles. The summed E-state index contributed by atoms with van der Waals surface area (Å²) in [6, 6.07) is 16.5. The molecular formula is C50H59FN10O3. The maximum absolute atomic E-state index is 15.4. The van der Waals surface area contributed by atoms with Crippen molar-refractivity contribution in [1.29, 1.82) is 5.26 Å². The molecule has 4 aromatic heterocycles. The summed E-state index contributed by atoms with van der Waals surface area (Å²) in [6.07, 6.45) is 19.2. The lowest BCUT2D eigenvalue weighted by Crippen LogP contribution is -2.50. The van der Waals surface area contributed by atoms with Crippen molar-refractivity contribution in [3.63, 3.8) is 0 Å². The second-order valence-electron chi connectivity index (χ2n) is 18.8.